The number of rotatable bonds is 2. The number of pyridine rings is 1. The Bertz CT molecular complexity index is 387. The van der Waals surface area contributed by atoms with Gasteiger partial charge in [0, 0.05) is 12.6 Å². The molecule has 0 bridgehead atoms. The fourth-order valence-electron chi connectivity index (χ4n) is 1.10. The Morgan fingerprint density at radius 1 is 1.31 bits per heavy atom. The molecule has 0 aliphatic heterocycles. The Balaban J connectivity index is 3.38. The highest BCUT2D eigenvalue weighted by atomic mass is 19.4. The third kappa shape index (κ3) is 2.43. The van der Waals surface area contributed by atoms with Gasteiger partial charge in [0.25, 0.3) is 6.43 Å². The van der Waals surface area contributed by atoms with Crippen molar-refractivity contribution in [2.24, 2.45) is 5.73 Å². The summed E-state index contributed by atoms with van der Waals surface area (Å²) in [6.45, 7) is -0.694. The smallest absolute Gasteiger partial charge is 0.325 e. The van der Waals surface area contributed by atoms with Gasteiger partial charge in [0.1, 0.15) is 11.5 Å². The van der Waals surface area contributed by atoms with Crippen LogP contribution >= 0.6 is 0 Å². The lowest BCUT2D eigenvalue weighted by Crippen LogP contribution is -2.15. The molecule has 0 amide bonds. The van der Waals surface area contributed by atoms with Crippen molar-refractivity contribution < 1.29 is 26.3 Å². The van der Waals surface area contributed by atoms with Gasteiger partial charge in [0.2, 0.25) is 0 Å². The van der Waals surface area contributed by atoms with Crippen molar-refractivity contribution in [3.63, 3.8) is 0 Å². The van der Waals surface area contributed by atoms with E-state index < -0.39 is 41.9 Å². The molecule has 0 fully saturated rings. The first-order valence-corrected chi connectivity index (χ1v) is 4.02. The predicted octanol–water partition coefficient (Wildman–Crippen LogP) is 2.64. The van der Waals surface area contributed by atoms with Crippen LogP contribution in [0, 0.1) is 5.82 Å². The number of nitrogens with two attached hydrogens (primary N) is 1. The summed E-state index contributed by atoms with van der Waals surface area (Å²) in [5, 5.41) is 0. The van der Waals surface area contributed by atoms with Crippen LogP contribution in [0.25, 0.3) is 0 Å². The summed E-state index contributed by atoms with van der Waals surface area (Å²) in [5.41, 5.74) is 1.39. The second-order valence-corrected chi connectivity index (χ2v) is 2.85. The average Bonchev–Trinajstić information content (AvgIpc) is 2.14. The standard InChI is InChI=1S/C8H6F6N2/c9-3-1-5(8(12,13)14)16-4(2-15)6(3)7(10)11/h1,7H,2,15H2. The van der Waals surface area contributed by atoms with Gasteiger partial charge in [-0.15, -0.1) is 0 Å². The minimum Gasteiger partial charge on any atom is -0.325 e. The zero-order valence-corrected chi connectivity index (χ0v) is 7.65. The second-order valence-electron chi connectivity index (χ2n) is 2.85. The van der Waals surface area contributed by atoms with Crippen LogP contribution in [0.5, 0.6) is 0 Å². The summed E-state index contributed by atoms with van der Waals surface area (Å²) in [7, 11) is 0. The summed E-state index contributed by atoms with van der Waals surface area (Å²) in [6, 6.07) is -0.0688. The van der Waals surface area contributed by atoms with Crippen LogP contribution in [-0.2, 0) is 12.7 Å². The number of hydrogen-bond acceptors (Lipinski definition) is 2. The van der Waals surface area contributed by atoms with Crippen molar-refractivity contribution in [3.8, 4) is 0 Å². The first-order chi connectivity index (χ1) is 7.27. The molecule has 16 heavy (non-hydrogen) atoms. The molecule has 1 aromatic heterocycles. The molecule has 0 saturated heterocycles. The van der Waals surface area contributed by atoms with Crippen LogP contribution in [-0.4, -0.2) is 4.98 Å². The van der Waals surface area contributed by atoms with Gasteiger partial charge in [-0.1, -0.05) is 0 Å². The van der Waals surface area contributed by atoms with Crippen molar-refractivity contribution in [1.29, 1.82) is 0 Å². The van der Waals surface area contributed by atoms with Crippen LogP contribution in [0.2, 0.25) is 0 Å². The zero-order valence-electron chi connectivity index (χ0n) is 7.65. The number of alkyl halides is 5. The number of hydrogen-bond donors (Lipinski definition) is 1. The zero-order chi connectivity index (χ0) is 12.5. The maximum absolute atomic E-state index is 13.0. The third-order valence-corrected chi connectivity index (χ3v) is 1.79. The van der Waals surface area contributed by atoms with E-state index in [2.05, 4.69) is 4.98 Å². The van der Waals surface area contributed by atoms with Crippen molar-refractivity contribution in [3.05, 3.63) is 28.8 Å². The minimum atomic E-state index is -4.90. The van der Waals surface area contributed by atoms with Crippen LogP contribution < -0.4 is 5.73 Å². The average molecular weight is 244 g/mol. The predicted molar refractivity (Wildman–Crippen MR) is 42.0 cm³/mol. The molecule has 0 aliphatic rings. The highest BCUT2D eigenvalue weighted by Crippen LogP contribution is 2.32. The summed E-state index contributed by atoms with van der Waals surface area (Å²) in [6.07, 6.45) is -8.15. The highest BCUT2D eigenvalue weighted by molar-refractivity contribution is 5.27. The molecule has 1 rings (SSSR count). The lowest BCUT2D eigenvalue weighted by molar-refractivity contribution is -0.141. The fraction of sp³-hybridized carbons (Fsp3) is 0.375. The molecular formula is C8H6F6N2. The third-order valence-electron chi connectivity index (χ3n) is 1.79. The molecule has 0 radical (unpaired) electrons. The first-order valence-electron chi connectivity index (χ1n) is 4.02. The SMILES string of the molecule is NCc1nc(C(F)(F)F)cc(F)c1C(F)F. The number of halogens is 6. The first kappa shape index (κ1) is 12.8. The van der Waals surface area contributed by atoms with Gasteiger partial charge < -0.3 is 5.73 Å². The molecule has 90 valence electrons. The molecule has 0 saturated carbocycles. The molecule has 0 spiro atoms. The highest BCUT2D eigenvalue weighted by Gasteiger charge is 2.35. The Morgan fingerprint density at radius 3 is 2.25 bits per heavy atom. The van der Waals surface area contributed by atoms with Crippen LogP contribution in [0.4, 0.5) is 26.3 Å². The summed E-state index contributed by atoms with van der Waals surface area (Å²) >= 11 is 0. The number of aromatic nitrogens is 1. The summed E-state index contributed by atoms with van der Waals surface area (Å²) in [4.78, 5) is 2.87. The van der Waals surface area contributed by atoms with E-state index in [0.717, 1.165) is 0 Å². The molecule has 0 unspecified atom stereocenters. The maximum atomic E-state index is 13.0. The molecule has 8 heteroatoms. The van der Waals surface area contributed by atoms with E-state index in [1.165, 1.54) is 0 Å². The Morgan fingerprint density at radius 2 is 1.88 bits per heavy atom. The minimum absolute atomic E-state index is 0.0688. The largest absolute Gasteiger partial charge is 0.433 e. The lowest BCUT2D eigenvalue weighted by atomic mass is 10.1. The van der Waals surface area contributed by atoms with Gasteiger partial charge in [0.15, 0.2) is 0 Å². The molecule has 0 aromatic carbocycles. The van der Waals surface area contributed by atoms with E-state index in [1.54, 1.807) is 0 Å². The van der Waals surface area contributed by atoms with Crippen LogP contribution in [0.3, 0.4) is 0 Å². The summed E-state index contributed by atoms with van der Waals surface area (Å²) in [5.74, 6) is -1.65. The van der Waals surface area contributed by atoms with Crippen LogP contribution in [0.1, 0.15) is 23.4 Å². The molecular weight excluding hydrogens is 238 g/mol. The molecule has 2 nitrogen and oxygen atoms in total. The second kappa shape index (κ2) is 4.28. The van der Waals surface area contributed by atoms with E-state index in [9.17, 15) is 26.3 Å². The lowest BCUT2D eigenvalue weighted by Gasteiger charge is -2.12. The van der Waals surface area contributed by atoms with E-state index in [-0.39, 0.29) is 6.07 Å². The normalized spacial score (nSPS) is 12.2. The summed E-state index contributed by atoms with van der Waals surface area (Å²) < 4.78 is 74.1. The van der Waals surface area contributed by atoms with Crippen molar-refractivity contribution in [2.75, 3.05) is 0 Å². The topological polar surface area (TPSA) is 38.9 Å². The van der Waals surface area contributed by atoms with Gasteiger partial charge in [-0.3, -0.25) is 0 Å². The molecule has 0 atom stereocenters. The Kier molecular flexibility index (Phi) is 3.41. The molecule has 1 aromatic rings. The number of nitrogens with zero attached hydrogens (tertiary/aromatic N) is 1. The molecule has 1 heterocycles. The van der Waals surface area contributed by atoms with E-state index in [0.29, 0.717) is 0 Å². The van der Waals surface area contributed by atoms with Crippen molar-refractivity contribution >= 4 is 0 Å². The Labute approximate surface area is 86.1 Å². The fourth-order valence-corrected chi connectivity index (χ4v) is 1.10. The quantitative estimate of drug-likeness (QED) is 0.812. The monoisotopic (exact) mass is 244 g/mol. The maximum Gasteiger partial charge on any atom is 0.433 e. The molecule has 2 N–H and O–H groups in total. The van der Waals surface area contributed by atoms with E-state index in [4.69, 9.17) is 5.73 Å². The Hall–Kier alpha value is -1.31. The van der Waals surface area contributed by atoms with Gasteiger partial charge in [0.05, 0.1) is 11.3 Å². The van der Waals surface area contributed by atoms with E-state index >= 15 is 0 Å². The van der Waals surface area contributed by atoms with Gasteiger partial charge in [-0.2, -0.15) is 13.2 Å². The van der Waals surface area contributed by atoms with E-state index in [1.807, 2.05) is 0 Å². The van der Waals surface area contributed by atoms with Gasteiger partial charge in [-0.05, 0) is 0 Å². The van der Waals surface area contributed by atoms with Crippen molar-refractivity contribution in [1.82, 2.24) is 4.98 Å². The van der Waals surface area contributed by atoms with Crippen LogP contribution in [0.15, 0.2) is 6.07 Å². The molecule has 0 aliphatic carbocycles. The van der Waals surface area contributed by atoms with Gasteiger partial charge in [-0.25, -0.2) is 18.2 Å². The van der Waals surface area contributed by atoms with Crippen molar-refractivity contribution in [2.45, 2.75) is 19.1 Å². The van der Waals surface area contributed by atoms with Gasteiger partial charge >= 0.3 is 6.18 Å².